The largest absolute Gasteiger partial charge is 0.488 e. The number of anilines is 2. The van der Waals surface area contributed by atoms with Gasteiger partial charge in [0.05, 0.1) is 16.4 Å². The number of benzene rings is 2. The molecule has 0 radical (unpaired) electrons. The number of aromatic nitrogens is 3. The van der Waals surface area contributed by atoms with Gasteiger partial charge in [-0.05, 0) is 24.3 Å². The van der Waals surface area contributed by atoms with Crippen LogP contribution in [0.3, 0.4) is 0 Å². The minimum Gasteiger partial charge on any atom is -0.488 e. The van der Waals surface area contributed by atoms with Crippen LogP contribution in [0.25, 0.3) is 21.8 Å². The van der Waals surface area contributed by atoms with E-state index in [4.69, 9.17) is 16.2 Å². The van der Waals surface area contributed by atoms with Crippen molar-refractivity contribution in [3.8, 4) is 5.75 Å². The number of ether oxygens (including phenoxy) is 1. The van der Waals surface area contributed by atoms with Crippen LogP contribution in [0.4, 0.5) is 11.8 Å². The normalized spacial score (nSPS) is 11.0. The number of nitrogens with two attached hydrogens (primary N) is 2. The van der Waals surface area contributed by atoms with Gasteiger partial charge in [0.2, 0.25) is 5.95 Å². The summed E-state index contributed by atoms with van der Waals surface area (Å²) in [6.45, 7) is 0.376. The smallest absolute Gasteiger partial charge is 0.222 e. The lowest BCUT2D eigenvalue weighted by atomic mass is 10.1. The van der Waals surface area contributed by atoms with E-state index in [1.165, 1.54) is 0 Å². The average Bonchev–Trinajstić information content (AvgIpc) is 2.59. The second-order valence-electron chi connectivity index (χ2n) is 5.44. The average molecular weight is 317 g/mol. The highest BCUT2D eigenvalue weighted by atomic mass is 16.5. The monoisotopic (exact) mass is 317 g/mol. The Labute approximate surface area is 138 Å². The lowest BCUT2D eigenvalue weighted by Crippen LogP contribution is -2.03. The number of hydrogen-bond acceptors (Lipinski definition) is 6. The molecule has 0 unspecified atom stereocenters. The summed E-state index contributed by atoms with van der Waals surface area (Å²) in [5.74, 6) is 1.08. The van der Waals surface area contributed by atoms with Crippen molar-refractivity contribution in [2.75, 3.05) is 11.5 Å². The maximum atomic E-state index is 5.98. The van der Waals surface area contributed by atoms with Crippen LogP contribution >= 0.6 is 0 Å². The van der Waals surface area contributed by atoms with Crippen molar-refractivity contribution in [2.45, 2.75) is 6.61 Å². The van der Waals surface area contributed by atoms with Crippen molar-refractivity contribution < 1.29 is 4.74 Å². The lowest BCUT2D eigenvalue weighted by Gasteiger charge is -2.11. The Bertz CT molecular complexity index is 1050. The molecular weight excluding hydrogens is 302 g/mol. The number of para-hydroxylation sites is 1. The molecule has 0 saturated heterocycles. The molecule has 0 fully saturated rings. The summed E-state index contributed by atoms with van der Waals surface area (Å²) < 4.78 is 5.93. The Morgan fingerprint density at radius 2 is 1.75 bits per heavy atom. The van der Waals surface area contributed by atoms with E-state index in [0.29, 0.717) is 29.1 Å². The van der Waals surface area contributed by atoms with Gasteiger partial charge in [-0.3, -0.25) is 4.98 Å². The Kier molecular flexibility index (Phi) is 3.35. The van der Waals surface area contributed by atoms with Gasteiger partial charge in [-0.1, -0.05) is 24.3 Å². The van der Waals surface area contributed by atoms with E-state index in [2.05, 4.69) is 21.0 Å². The Morgan fingerprint density at radius 3 is 2.67 bits per heavy atom. The van der Waals surface area contributed by atoms with Gasteiger partial charge in [-0.15, -0.1) is 0 Å². The zero-order chi connectivity index (χ0) is 16.5. The maximum Gasteiger partial charge on any atom is 0.222 e. The van der Waals surface area contributed by atoms with Gasteiger partial charge in [-0.2, -0.15) is 4.98 Å². The fraction of sp³-hybridized carbons (Fsp3) is 0.0556. The van der Waals surface area contributed by atoms with E-state index >= 15 is 0 Å². The molecule has 2 aromatic heterocycles. The second kappa shape index (κ2) is 5.66. The number of fused-ring (bicyclic) bond motifs is 2. The van der Waals surface area contributed by atoms with Crippen molar-refractivity contribution >= 4 is 33.6 Å². The van der Waals surface area contributed by atoms with Crippen molar-refractivity contribution in [1.82, 2.24) is 15.0 Å². The van der Waals surface area contributed by atoms with Gasteiger partial charge in [0.25, 0.3) is 0 Å². The number of pyridine rings is 1. The summed E-state index contributed by atoms with van der Waals surface area (Å²) >= 11 is 0. The molecule has 118 valence electrons. The molecule has 0 spiro atoms. The Morgan fingerprint density at radius 1 is 0.917 bits per heavy atom. The Balaban J connectivity index is 1.66. The fourth-order valence-electron chi connectivity index (χ4n) is 2.67. The van der Waals surface area contributed by atoms with E-state index in [9.17, 15) is 0 Å². The molecule has 0 amide bonds. The van der Waals surface area contributed by atoms with Crippen LogP contribution in [0.1, 0.15) is 5.56 Å². The molecule has 6 heteroatoms. The number of rotatable bonds is 3. The molecule has 0 aliphatic heterocycles. The van der Waals surface area contributed by atoms with Crippen LogP contribution in [-0.4, -0.2) is 15.0 Å². The van der Waals surface area contributed by atoms with Gasteiger partial charge >= 0.3 is 0 Å². The topological polar surface area (TPSA) is 99.9 Å². The molecule has 2 aromatic carbocycles. The molecule has 2 heterocycles. The van der Waals surface area contributed by atoms with E-state index < -0.39 is 0 Å². The SMILES string of the molecule is Nc1nc(N)c2c(OCc3cnc4ccccc4c3)cccc2n1. The van der Waals surface area contributed by atoms with Crippen LogP contribution in [0, 0.1) is 0 Å². The van der Waals surface area contributed by atoms with E-state index in [0.717, 1.165) is 16.5 Å². The quantitative estimate of drug-likeness (QED) is 0.602. The fourth-order valence-corrected chi connectivity index (χ4v) is 2.67. The van der Waals surface area contributed by atoms with Gasteiger partial charge in [0, 0.05) is 17.1 Å². The highest BCUT2D eigenvalue weighted by molar-refractivity contribution is 5.94. The molecule has 0 aliphatic rings. The Hall–Kier alpha value is -3.41. The molecule has 4 aromatic rings. The third kappa shape index (κ3) is 2.54. The van der Waals surface area contributed by atoms with Gasteiger partial charge in [0.15, 0.2) is 0 Å². The zero-order valence-corrected chi connectivity index (χ0v) is 12.8. The first kappa shape index (κ1) is 14.2. The van der Waals surface area contributed by atoms with Crippen LogP contribution in [-0.2, 0) is 6.61 Å². The third-order valence-corrected chi connectivity index (χ3v) is 3.77. The van der Waals surface area contributed by atoms with Gasteiger partial charge in [0.1, 0.15) is 18.2 Å². The number of nitrogens with zero attached hydrogens (tertiary/aromatic N) is 3. The standard InChI is InChI=1S/C18H15N5O/c19-17-16-14(22-18(20)23-17)6-3-7-15(16)24-10-11-8-12-4-1-2-5-13(12)21-9-11/h1-9H,10H2,(H4,19,20,22,23). The van der Waals surface area contributed by atoms with Gasteiger partial charge in [-0.25, -0.2) is 4.98 Å². The summed E-state index contributed by atoms with van der Waals surface area (Å²) in [6.07, 6.45) is 1.81. The van der Waals surface area contributed by atoms with Crippen molar-refractivity contribution in [2.24, 2.45) is 0 Å². The predicted octanol–water partition coefficient (Wildman–Crippen LogP) is 2.92. The summed E-state index contributed by atoms with van der Waals surface area (Å²) in [6, 6.07) is 15.5. The summed E-state index contributed by atoms with van der Waals surface area (Å²) in [5, 5.41) is 1.74. The molecule has 4 rings (SSSR count). The second-order valence-corrected chi connectivity index (χ2v) is 5.44. The van der Waals surface area contributed by atoms with Crippen molar-refractivity contribution in [3.05, 3.63) is 60.3 Å². The van der Waals surface area contributed by atoms with E-state index in [1.807, 2.05) is 48.7 Å². The minimum absolute atomic E-state index is 0.149. The van der Waals surface area contributed by atoms with Crippen LogP contribution < -0.4 is 16.2 Å². The van der Waals surface area contributed by atoms with E-state index in [-0.39, 0.29) is 5.95 Å². The maximum absolute atomic E-state index is 5.98. The first-order chi connectivity index (χ1) is 11.7. The first-order valence-electron chi connectivity index (χ1n) is 7.49. The third-order valence-electron chi connectivity index (χ3n) is 3.77. The van der Waals surface area contributed by atoms with Gasteiger partial charge < -0.3 is 16.2 Å². The zero-order valence-electron chi connectivity index (χ0n) is 12.8. The first-order valence-corrected chi connectivity index (χ1v) is 7.49. The number of hydrogen-bond donors (Lipinski definition) is 2. The molecule has 6 nitrogen and oxygen atoms in total. The predicted molar refractivity (Wildman–Crippen MR) is 94.4 cm³/mol. The molecule has 24 heavy (non-hydrogen) atoms. The number of nitrogen functional groups attached to an aromatic ring is 2. The summed E-state index contributed by atoms with van der Waals surface area (Å²) in [7, 11) is 0. The molecule has 4 N–H and O–H groups in total. The lowest BCUT2D eigenvalue weighted by molar-refractivity contribution is 0.310. The molecule has 0 saturated carbocycles. The summed E-state index contributed by atoms with van der Waals surface area (Å²) in [5.41, 5.74) is 14.2. The highest BCUT2D eigenvalue weighted by Crippen LogP contribution is 2.29. The van der Waals surface area contributed by atoms with E-state index in [1.54, 1.807) is 0 Å². The molecular formula is C18H15N5O. The van der Waals surface area contributed by atoms with Crippen molar-refractivity contribution in [3.63, 3.8) is 0 Å². The van der Waals surface area contributed by atoms with Crippen LogP contribution in [0.2, 0.25) is 0 Å². The molecule has 0 aliphatic carbocycles. The summed E-state index contributed by atoms with van der Waals surface area (Å²) in [4.78, 5) is 12.6. The highest BCUT2D eigenvalue weighted by Gasteiger charge is 2.10. The minimum atomic E-state index is 0.149. The van der Waals surface area contributed by atoms with Crippen LogP contribution in [0.15, 0.2) is 54.7 Å². The molecule has 0 atom stereocenters. The molecule has 0 bridgehead atoms. The van der Waals surface area contributed by atoms with Crippen LogP contribution in [0.5, 0.6) is 5.75 Å². The van der Waals surface area contributed by atoms with Crippen molar-refractivity contribution in [1.29, 1.82) is 0 Å².